The molecule has 1 nitrogen and oxygen atoms in total. The zero-order valence-corrected chi connectivity index (χ0v) is 17.0. The molecule has 1 fully saturated rings. The molecule has 2 aliphatic carbocycles. The van der Waals surface area contributed by atoms with Crippen LogP contribution in [-0.2, 0) is 0 Å². The lowest BCUT2D eigenvalue weighted by Crippen LogP contribution is -2.62. The summed E-state index contributed by atoms with van der Waals surface area (Å²) in [5, 5.41) is 4.67. The van der Waals surface area contributed by atoms with Crippen LogP contribution in [0.3, 0.4) is 0 Å². The van der Waals surface area contributed by atoms with E-state index in [1.165, 1.54) is 62.5 Å². The molecule has 2 heteroatoms. The van der Waals surface area contributed by atoms with Crippen LogP contribution in [0.1, 0.15) is 79.1 Å². The topological polar surface area (TPSA) is 12.0 Å². The summed E-state index contributed by atoms with van der Waals surface area (Å²) in [6.07, 6.45) is 13.9. The molecule has 0 heterocycles. The molecule has 0 aliphatic heterocycles. The second kappa shape index (κ2) is 7.05. The fourth-order valence-electron chi connectivity index (χ4n) is 4.54. The van der Waals surface area contributed by atoms with Gasteiger partial charge in [0.05, 0.1) is 14.3 Å². The van der Waals surface area contributed by atoms with E-state index < -0.39 is 8.80 Å². The van der Waals surface area contributed by atoms with Crippen molar-refractivity contribution in [3.63, 3.8) is 0 Å². The highest BCUT2D eigenvalue weighted by molar-refractivity contribution is 6.59. The molecular formula is C20H37NSi. The second-order valence-electron chi connectivity index (χ2n) is 8.34. The van der Waals surface area contributed by atoms with Gasteiger partial charge in [0.2, 0.25) is 0 Å². The summed E-state index contributed by atoms with van der Waals surface area (Å²) in [5.74, 6) is 0. The molecule has 0 aromatic rings. The van der Waals surface area contributed by atoms with E-state index >= 15 is 0 Å². The van der Waals surface area contributed by atoms with Crippen molar-refractivity contribution in [2.75, 3.05) is 0 Å². The highest BCUT2D eigenvalue weighted by Gasteiger charge is 2.41. The van der Waals surface area contributed by atoms with Crippen molar-refractivity contribution in [3.05, 3.63) is 22.8 Å². The van der Waals surface area contributed by atoms with Crippen LogP contribution in [0, 0.1) is 0 Å². The second-order valence-corrected chi connectivity index (χ2v) is 11.8. The molecule has 1 saturated carbocycles. The van der Waals surface area contributed by atoms with Crippen molar-refractivity contribution in [2.45, 2.75) is 103 Å². The molecule has 0 bridgehead atoms. The molecule has 22 heavy (non-hydrogen) atoms. The van der Waals surface area contributed by atoms with Gasteiger partial charge in [0.15, 0.2) is 0 Å². The minimum absolute atomic E-state index is 0.0828. The van der Waals surface area contributed by atoms with Crippen molar-refractivity contribution in [1.29, 1.82) is 0 Å². The third-order valence-corrected chi connectivity index (χ3v) is 9.48. The largest absolute Gasteiger partial charge is 0.302 e. The maximum Gasteiger partial charge on any atom is 0.0561 e. The van der Waals surface area contributed by atoms with E-state index in [1.807, 2.05) is 0 Å². The zero-order chi connectivity index (χ0) is 16.4. The van der Waals surface area contributed by atoms with Gasteiger partial charge in [-0.05, 0) is 51.7 Å². The third-order valence-electron chi connectivity index (χ3n) is 6.55. The molecule has 0 aromatic heterocycles. The van der Waals surface area contributed by atoms with Gasteiger partial charge < -0.3 is 5.32 Å². The number of nitrogens with one attached hydrogen (secondary N) is 1. The summed E-state index contributed by atoms with van der Waals surface area (Å²) in [5.41, 5.74) is 4.59. The van der Waals surface area contributed by atoms with Gasteiger partial charge in [0, 0.05) is 5.16 Å². The standard InChI is InChI=1S/C20H37NSi/c1-16-15-19(4,18(3)17(16)2)21-20(22(5)6)13-11-9-7-8-10-12-14-20/h15,21-22H,7-14H2,1-6H3. The third kappa shape index (κ3) is 3.59. The first-order valence-corrected chi connectivity index (χ1v) is 12.4. The molecule has 0 aromatic carbocycles. The van der Waals surface area contributed by atoms with Gasteiger partial charge in [0.25, 0.3) is 0 Å². The lowest BCUT2D eigenvalue weighted by atomic mass is 9.91. The van der Waals surface area contributed by atoms with E-state index in [2.05, 4.69) is 52.2 Å². The van der Waals surface area contributed by atoms with Crippen molar-refractivity contribution in [2.24, 2.45) is 0 Å². The molecule has 126 valence electrons. The van der Waals surface area contributed by atoms with Crippen molar-refractivity contribution in [3.8, 4) is 0 Å². The Morgan fingerprint density at radius 1 is 0.909 bits per heavy atom. The van der Waals surface area contributed by atoms with Gasteiger partial charge in [-0.2, -0.15) is 0 Å². The summed E-state index contributed by atoms with van der Waals surface area (Å²) in [6.45, 7) is 14.4. The van der Waals surface area contributed by atoms with Crippen LogP contribution in [0.15, 0.2) is 22.8 Å². The van der Waals surface area contributed by atoms with Gasteiger partial charge in [-0.1, -0.05) is 63.3 Å². The fourth-order valence-corrected chi connectivity index (χ4v) is 6.69. The summed E-state index contributed by atoms with van der Waals surface area (Å²) in [7, 11) is -0.787. The monoisotopic (exact) mass is 319 g/mol. The van der Waals surface area contributed by atoms with Crippen molar-refractivity contribution >= 4 is 8.80 Å². The van der Waals surface area contributed by atoms with Crippen molar-refractivity contribution < 1.29 is 0 Å². The Balaban J connectivity index is 2.27. The van der Waals surface area contributed by atoms with Crippen LogP contribution >= 0.6 is 0 Å². The van der Waals surface area contributed by atoms with E-state index in [1.54, 1.807) is 5.57 Å². The lowest BCUT2D eigenvalue weighted by molar-refractivity contribution is 0.314. The summed E-state index contributed by atoms with van der Waals surface area (Å²) < 4.78 is 0. The van der Waals surface area contributed by atoms with Gasteiger partial charge in [-0.3, -0.25) is 0 Å². The maximum atomic E-state index is 4.24. The van der Waals surface area contributed by atoms with Crippen LogP contribution < -0.4 is 5.32 Å². The predicted octanol–water partition coefficient (Wildman–Crippen LogP) is 5.53. The minimum atomic E-state index is -0.787. The quantitative estimate of drug-likeness (QED) is 0.674. The molecular weight excluding hydrogens is 282 g/mol. The average molecular weight is 320 g/mol. The number of hydrogen-bond donors (Lipinski definition) is 1. The first kappa shape index (κ1) is 18.0. The van der Waals surface area contributed by atoms with Crippen LogP contribution in [0.5, 0.6) is 0 Å². The highest BCUT2D eigenvalue weighted by atomic mass is 28.3. The first-order valence-electron chi connectivity index (χ1n) is 9.48. The molecule has 2 rings (SSSR count). The molecule has 0 spiro atoms. The summed E-state index contributed by atoms with van der Waals surface area (Å²) in [6, 6.07) is 0. The van der Waals surface area contributed by atoms with Crippen LogP contribution in [0.25, 0.3) is 0 Å². The van der Waals surface area contributed by atoms with Crippen LogP contribution in [0.2, 0.25) is 13.1 Å². The molecule has 0 amide bonds. The zero-order valence-electron chi connectivity index (χ0n) is 15.8. The molecule has 1 N–H and O–H groups in total. The first-order chi connectivity index (χ1) is 10.3. The van der Waals surface area contributed by atoms with Gasteiger partial charge >= 0.3 is 0 Å². The predicted molar refractivity (Wildman–Crippen MR) is 102 cm³/mol. The molecule has 2 aliphatic rings. The SMILES string of the molecule is CC1=CC(C)(NC2([SiH](C)C)CCCCCCCC2)C(C)=C1C. The summed E-state index contributed by atoms with van der Waals surface area (Å²) in [4.78, 5) is 0. The Hall–Kier alpha value is -0.343. The normalized spacial score (nSPS) is 30.0. The van der Waals surface area contributed by atoms with E-state index in [0.29, 0.717) is 5.16 Å². The van der Waals surface area contributed by atoms with E-state index in [9.17, 15) is 0 Å². The van der Waals surface area contributed by atoms with Gasteiger partial charge in [0.1, 0.15) is 0 Å². The average Bonchev–Trinajstić information content (AvgIpc) is 2.72. The van der Waals surface area contributed by atoms with Crippen molar-refractivity contribution in [1.82, 2.24) is 5.32 Å². The number of hydrogen-bond acceptors (Lipinski definition) is 1. The van der Waals surface area contributed by atoms with Crippen LogP contribution in [-0.4, -0.2) is 19.5 Å². The van der Waals surface area contributed by atoms with E-state index in [4.69, 9.17) is 0 Å². The van der Waals surface area contributed by atoms with E-state index in [-0.39, 0.29) is 5.54 Å². The molecule has 1 unspecified atom stereocenters. The minimum Gasteiger partial charge on any atom is -0.302 e. The van der Waals surface area contributed by atoms with Gasteiger partial charge in [-0.25, -0.2) is 0 Å². The Kier molecular flexibility index (Phi) is 5.77. The van der Waals surface area contributed by atoms with Crippen LogP contribution in [0.4, 0.5) is 0 Å². The highest BCUT2D eigenvalue weighted by Crippen LogP contribution is 2.38. The fraction of sp³-hybridized carbons (Fsp3) is 0.800. The Labute approximate surface area is 140 Å². The Morgan fingerprint density at radius 3 is 1.82 bits per heavy atom. The lowest BCUT2D eigenvalue weighted by Gasteiger charge is -2.45. The molecule has 0 saturated heterocycles. The summed E-state index contributed by atoms with van der Waals surface area (Å²) >= 11 is 0. The van der Waals surface area contributed by atoms with E-state index in [0.717, 1.165) is 0 Å². The van der Waals surface area contributed by atoms with Gasteiger partial charge in [-0.15, -0.1) is 0 Å². The maximum absolute atomic E-state index is 4.24. The smallest absolute Gasteiger partial charge is 0.0561 e. The number of allylic oxidation sites excluding steroid dienone is 2. The molecule has 1 atom stereocenters. The molecule has 0 radical (unpaired) electrons. The Morgan fingerprint density at radius 2 is 1.41 bits per heavy atom. The Bertz CT molecular complexity index is 450. The number of rotatable bonds is 3.